The van der Waals surface area contributed by atoms with Crippen LogP contribution in [-0.2, 0) is 4.79 Å². The van der Waals surface area contributed by atoms with Gasteiger partial charge in [0.1, 0.15) is 0 Å². The van der Waals surface area contributed by atoms with Crippen molar-refractivity contribution < 1.29 is 9.90 Å². The summed E-state index contributed by atoms with van der Waals surface area (Å²) in [6.45, 7) is 3.78. The summed E-state index contributed by atoms with van der Waals surface area (Å²) in [7, 11) is 3.43. The number of rotatable bonds is 16. The van der Waals surface area contributed by atoms with Crippen LogP contribution in [-0.4, -0.2) is 35.6 Å². The lowest BCUT2D eigenvalue weighted by molar-refractivity contribution is -0.151. The van der Waals surface area contributed by atoms with E-state index in [1.165, 1.54) is 25.7 Å². The number of aliphatic hydroxyl groups is 1. The summed E-state index contributed by atoms with van der Waals surface area (Å²) < 4.78 is 0. The first-order valence-corrected chi connectivity index (χ1v) is 10.5. The molecule has 0 bridgehead atoms. The van der Waals surface area contributed by atoms with Crippen molar-refractivity contribution in [3.63, 3.8) is 0 Å². The van der Waals surface area contributed by atoms with Crippen molar-refractivity contribution in [1.82, 2.24) is 4.90 Å². The summed E-state index contributed by atoms with van der Waals surface area (Å²) in [5.74, 6) is -0.122. The second kappa shape index (κ2) is 16.7. The van der Waals surface area contributed by atoms with E-state index in [4.69, 9.17) is 0 Å². The molecule has 3 heteroatoms. The predicted octanol–water partition coefficient (Wildman–Crippen LogP) is 5.97. The first kappa shape index (κ1) is 25.6. The molecule has 0 fully saturated rings. The Kier molecular flexibility index (Phi) is 15.8. The number of ketones is 1. The van der Waals surface area contributed by atoms with E-state index in [1.54, 1.807) is 25.9 Å². The molecule has 0 heterocycles. The fourth-order valence-corrected chi connectivity index (χ4v) is 2.43. The number of Topliss-reactive ketones (excluding diaryl/α,β-unsaturated/α-hetero) is 1. The SMILES string of the molecule is CCCCC/C=C\C/C=C\C/C=C\C/C=C\CCCC(=O)C(C)(O)N(C)C. The van der Waals surface area contributed by atoms with E-state index in [0.29, 0.717) is 6.42 Å². The lowest BCUT2D eigenvalue weighted by atomic mass is 10.0. The first-order valence-electron chi connectivity index (χ1n) is 10.5. The Morgan fingerprint density at radius 1 is 0.815 bits per heavy atom. The second-order valence-corrected chi connectivity index (χ2v) is 7.32. The van der Waals surface area contributed by atoms with Crippen molar-refractivity contribution in [2.24, 2.45) is 0 Å². The van der Waals surface area contributed by atoms with Crippen molar-refractivity contribution in [3.8, 4) is 0 Å². The molecule has 0 aliphatic heterocycles. The van der Waals surface area contributed by atoms with E-state index in [9.17, 15) is 9.90 Å². The van der Waals surface area contributed by atoms with Crippen LogP contribution in [0.4, 0.5) is 0 Å². The Hall–Kier alpha value is -1.45. The third-order valence-electron chi connectivity index (χ3n) is 4.63. The van der Waals surface area contributed by atoms with Gasteiger partial charge in [-0.2, -0.15) is 0 Å². The lowest BCUT2D eigenvalue weighted by Crippen LogP contribution is -2.48. The van der Waals surface area contributed by atoms with Crippen molar-refractivity contribution >= 4 is 5.78 Å². The van der Waals surface area contributed by atoms with Crippen molar-refractivity contribution in [3.05, 3.63) is 48.6 Å². The molecule has 0 spiro atoms. The van der Waals surface area contributed by atoms with Gasteiger partial charge in [0.15, 0.2) is 11.5 Å². The zero-order valence-electron chi connectivity index (χ0n) is 18.0. The number of likely N-dealkylation sites (N-methyl/N-ethyl adjacent to an activating group) is 1. The van der Waals surface area contributed by atoms with Crippen LogP contribution in [0, 0.1) is 0 Å². The molecule has 0 aromatic carbocycles. The van der Waals surface area contributed by atoms with Gasteiger partial charge in [0.2, 0.25) is 0 Å². The van der Waals surface area contributed by atoms with E-state index in [1.807, 2.05) is 0 Å². The van der Waals surface area contributed by atoms with E-state index in [0.717, 1.165) is 32.1 Å². The average Bonchev–Trinajstić information content (AvgIpc) is 2.63. The highest BCUT2D eigenvalue weighted by molar-refractivity contribution is 5.86. The number of hydrogen-bond donors (Lipinski definition) is 1. The van der Waals surface area contributed by atoms with Gasteiger partial charge in [0.25, 0.3) is 0 Å². The molecule has 0 saturated carbocycles. The van der Waals surface area contributed by atoms with E-state index >= 15 is 0 Å². The number of nitrogens with zero attached hydrogens (tertiary/aromatic N) is 1. The number of unbranched alkanes of at least 4 members (excludes halogenated alkanes) is 4. The Labute approximate surface area is 167 Å². The minimum atomic E-state index is -1.36. The van der Waals surface area contributed by atoms with Gasteiger partial charge >= 0.3 is 0 Å². The van der Waals surface area contributed by atoms with Gasteiger partial charge in [-0.15, -0.1) is 0 Å². The third kappa shape index (κ3) is 14.3. The smallest absolute Gasteiger partial charge is 0.179 e. The monoisotopic (exact) mass is 375 g/mol. The Balaban J connectivity index is 3.66. The van der Waals surface area contributed by atoms with Gasteiger partial charge in [0.05, 0.1) is 0 Å². The van der Waals surface area contributed by atoms with Crippen molar-refractivity contribution in [2.75, 3.05) is 14.1 Å². The van der Waals surface area contributed by atoms with Crippen LogP contribution in [0.25, 0.3) is 0 Å². The number of allylic oxidation sites excluding steroid dienone is 8. The fraction of sp³-hybridized carbons (Fsp3) is 0.625. The summed E-state index contributed by atoms with van der Waals surface area (Å²) >= 11 is 0. The summed E-state index contributed by atoms with van der Waals surface area (Å²) in [6.07, 6.45) is 27.7. The van der Waals surface area contributed by atoms with Gasteiger partial charge in [-0.05, 0) is 66.0 Å². The second-order valence-electron chi connectivity index (χ2n) is 7.32. The van der Waals surface area contributed by atoms with Crippen molar-refractivity contribution in [1.29, 1.82) is 0 Å². The predicted molar refractivity (Wildman–Crippen MR) is 118 cm³/mol. The molecule has 1 atom stereocenters. The zero-order valence-corrected chi connectivity index (χ0v) is 18.0. The van der Waals surface area contributed by atoms with E-state index in [-0.39, 0.29) is 5.78 Å². The molecule has 0 saturated heterocycles. The first-order chi connectivity index (χ1) is 12.9. The van der Waals surface area contributed by atoms with Crippen LogP contribution in [0.3, 0.4) is 0 Å². The Morgan fingerprint density at radius 3 is 1.70 bits per heavy atom. The quantitative estimate of drug-likeness (QED) is 0.205. The third-order valence-corrected chi connectivity index (χ3v) is 4.63. The van der Waals surface area contributed by atoms with E-state index < -0.39 is 5.72 Å². The molecular formula is C24H41NO2. The minimum absolute atomic E-state index is 0.122. The molecular weight excluding hydrogens is 334 g/mol. The highest BCUT2D eigenvalue weighted by Gasteiger charge is 2.31. The molecule has 0 aliphatic rings. The largest absolute Gasteiger partial charge is 0.369 e. The van der Waals surface area contributed by atoms with Gasteiger partial charge in [0, 0.05) is 6.42 Å². The standard InChI is InChI=1S/C24H41NO2/c1-5-6-7-8-9-10-11-12-13-14-15-16-17-18-19-20-21-22-23(26)24(2,27)25(3)4/h9-10,12-13,15-16,18-19,27H,5-8,11,14,17,20-22H2,1-4H3/b10-9-,13-12-,16-15-,19-18-. The van der Waals surface area contributed by atoms with Crippen molar-refractivity contribution in [2.45, 2.75) is 83.8 Å². The fourth-order valence-electron chi connectivity index (χ4n) is 2.43. The van der Waals surface area contributed by atoms with E-state index in [2.05, 4.69) is 55.5 Å². The number of carbonyl (C=O) groups excluding carboxylic acids is 1. The molecule has 0 amide bonds. The Morgan fingerprint density at radius 2 is 1.26 bits per heavy atom. The van der Waals surface area contributed by atoms with Crippen LogP contribution in [0.5, 0.6) is 0 Å². The number of carbonyl (C=O) groups is 1. The molecule has 0 aliphatic carbocycles. The summed E-state index contributed by atoms with van der Waals surface area (Å²) in [6, 6.07) is 0. The highest BCUT2D eigenvalue weighted by Crippen LogP contribution is 2.13. The summed E-state index contributed by atoms with van der Waals surface area (Å²) in [5, 5.41) is 10.0. The zero-order chi connectivity index (χ0) is 20.4. The molecule has 1 N–H and O–H groups in total. The molecule has 27 heavy (non-hydrogen) atoms. The van der Waals surface area contributed by atoms with Crippen LogP contribution in [0.1, 0.15) is 78.1 Å². The number of hydrogen-bond acceptors (Lipinski definition) is 3. The topological polar surface area (TPSA) is 40.5 Å². The average molecular weight is 376 g/mol. The molecule has 1 unspecified atom stereocenters. The lowest BCUT2D eigenvalue weighted by Gasteiger charge is -2.29. The molecule has 0 aromatic rings. The summed E-state index contributed by atoms with van der Waals surface area (Å²) in [4.78, 5) is 13.5. The molecule has 3 nitrogen and oxygen atoms in total. The van der Waals surface area contributed by atoms with Crippen LogP contribution in [0.15, 0.2) is 48.6 Å². The maximum atomic E-state index is 11.9. The molecule has 0 rings (SSSR count). The highest BCUT2D eigenvalue weighted by atomic mass is 16.3. The maximum Gasteiger partial charge on any atom is 0.179 e. The molecule has 0 radical (unpaired) electrons. The van der Waals surface area contributed by atoms with Gasteiger partial charge in [-0.3, -0.25) is 9.69 Å². The molecule has 0 aromatic heterocycles. The minimum Gasteiger partial charge on any atom is -0.369 e. The Bertz CT molecular complexity index is 485. The molecule has 154 valence electrons. The maximum absolute atomic E-state index is 11.9. The summed E-state index contributed by atoms with van der Waals surface area (Å²) in [5.41, 5.74) is -1.36. The normalized spacial score (nSPS) is 15.0. The van der Waals surface area contributed by atoms with Crippen LogP contribution >= 0.6 is 0 Å². The van der Waals surface area contributed by atoms with Gasteiger partial charge < -0.3 is 5.11 Å². The van der Waals surface area contributed by atoms with Gasteiger partial charge in [-0.25, -0.2) is 0 Å². The van der Waals surface area contributed by atoms with Crippen LogP contribution < -0.4 is 0 Å². The van der Waals surface area contributed by atoms with Crippen LogP contribution in [0.2, 0.25) is 0 Å². The van der Waals surface area contributed by atoms with Gasteiger partial charge in [-0.1, -0.05) is 68.4 Å².